The molecule has 0 heterocycles. The van der Waals surface area contributed by atoms with Gasteiger partial charge in [0.15, 0.2) is 0 Å². The molecule has 1 aromatic carbocycles. The summed E-state index contributed by atoms with van der Waals surface area (Å²) in [4.78, 5) is 0. The first kappa shape index (κ1) is 33.6. The van der Waals surface area contributed by atoms with E-state index in [4.69, 9.17) is 133 Å². The highest BCUT2D eigenvalue weighted by atomic mass is 35.9. The number of hydrogen-bond donors (Lipinski definition) is 0. The van der Waals surface area contributed by atoms with Gasteiger partial charge >= 0.3 is 24.0 Å². The smallest absolute Gasteiger partial charge is 0.126 e. The van der Waals surface area contributed by atoms with Crippen molar-refractivity contribution in [2.75, 3.05) is 0 Å². The molecule has 0 aliphatic heterocycles. The van der Waals surface area contributed by atoms with Crippen LogP contribution >= 0.6 is 133 Å². The first-order valence-corrected chi connectivity index (χ1v) is 30.6. The molecule has 0 atom stereocenters. The van der Waals surface area contributed by atoms with Crippen molar-refractivity contribution in [3.05, 3.63) is 34.9 Å². The third kappa shape index (κ3) is 14.5. The molecule has 0 radical (unpaired) electrons. The van der Waals surface area contributed by atoms with Crippen molar-refractivity contribution >= 4 is 157 Å². The van der Waals surface area contributed by atoms with Gasteiger partial charge in [-0.25, -0.2) is 0 Å². The molecule has 0 N–H and O–H groups in total. The number of benzene rings is 1. The summed E-state index contributed by atoms with van der Waals surface area (Å²) in [6.07, 6.45) is 2.31. The van der Waals surface area contributed by atoms with Crippen LogP contribution < -0.4 is 0 Å². The Bertz CT molecular complexity index is 691. The molecule has 0 aliphatic rings. The Morgan fingerprint density at radius 3 is 1.31 bits per heavy atom. The van der Waals surface area contributed by atoms with E-state index in [2.05, 4.69) is 12.1 Å². The molecule has 0 fully saturated rings. The van der Waals surface area contributed by atoms with Gasteiger partial charge in [0.2, 0.25) is 0 Å². The molecule has 186 valence electrons. The SMILES string of the molecule is Cc1ccc(C(CC[Si](Cl)(Cl)Cl)(CC[Si](Cl)(Cl)Cl)CC[Si](Cl)(Cl)Cl)c(CC[Si](Cl)(Cl)Cl)c1. The molecule has 1 rings (SSSR count). The highest BCUT2D eigenvalue weighted by molar-refractivity contribution is 7.66. The van der Waals surface area contributed by atoms with Gasteiger partial charge in [-0.2, -0.15) is 0 Å². The van der Waals surface area contributed by atoms with Gasteiger partial charge in [-0.15, -0.1) is 133 Å². The normalized spacial score (nSPS) is 14.2. The first-order chi connectivity index (χ1) is 14.2. The van der Waals surface area contributed by atoms with Crippen molar-refractivity contribution in [2.45, 2.75) is 62.2 Å². The summed E-state index contributed by atoms with van der Waals surface area (Å²) in [7, 11) is 0. The van der Waals surface area contributed by atoms with Crippen LogP contribution in [0.5, 0.6) is 0 Å². The molecule has 0 amide bonds. The average molecular weight is 752 g/mol. The van der Waals surface area contributed by atoms with Crippen LogP contribution in [0.3, 0.4) is 0 Å². The van der Waals surface area contributed by atoms with Gasteiger partial charge in [0.1, 0.15) is 0 Å². The van der Waals surface area contributed by atoms with Gasteiger partial charge in [-0.1, -0.05) is 23.8 Å². The number of hydrogen-bond acceptors (Lipinski definition) is 0. The lowest BCUT2D eigenvalue weighted by atomic mass is 9.71. The van der Waals surface area contributed by atoms with Crippen LogP contribution in [-0.2, 0) is 11.8 Å². The molecule has 0 saturated carbocycles. The van der Waals surface area contributed by atoms with E-state index in [-0.39, 0.29) is 0 Å². The molecular weight excluding hydrogens is 730 g/mol. The minimum absolute atomic E-state index is 0.424. The van der Waals surface area contributed by atoms with E-state index in [9.17, 15) is 0 Å². The summed E-state index contributed by atoms with van der Waals surface area (Å²) in [5, 5.41) is 0. The predicted octanol–water partition coefficient (Wildman–Crippen LogP) is 11.6. The van der Waals surface area contributed by atoms with Crippen LogP contribution in [0.2, 0.25) is 24.2 Å². The largest absolute Gasteiger partial charge is 0.341 e. The maximum Gasteiger partial charge on any atom is 0.341 e. The Kier molecular flexibility index (Phi) is 14.3. The van der Waals surface area contributed by atoms with Gasteiger partial charge in [-0.3, -0.25) is 0 Å². The number of aryl methyl sites for hydroxylation is 2. The van der Waals surface area contributed by atoms with Gasteiger partial charge < -0.3 is 0 Å². The van der Waals surface area contributed by atoms with E-state index >= 15 is 0 Å². The zero-order chi connectivity index (χ0) is 25.0. The fraction of sp³-hybridized carbons (Fsp3) is 0.625. The third-order valence-electron chi connectivity index (χ3n) is 5.17. The standard InChI is InChI=1S/C16H22Cl12Si4/c1-13-2-3-15(14(12-13)4-8-29(17,18)19)16(5-9-30(20,21)22,6-10-31(23,24)25)7-11-32(26,27)28/h2-3,12H,4-11H2,1H3. The second-order valence-corrected chi connectivity index (χ2v) is 45.0. The fourth-order valence-electron chi connectivity index (χ4n) is 3.65. The van der Waals surface area contributed by atoms with Crippen molar-refractivity contribution in [1.29, 1.82) is 0 Å². The molecular formula is C16H22Cl12Si4. The van der Waals surface area contributed by atoms with E-state index in [1.807, 2.05) is 13.0 Å². The molecule has 0 saturated heterocycles. The van der Waals surface area contributed by atoms with Gasteiger partial charge in [-0.05, 0) is 73.3 Å². The Hall–Kier alpha value is 3.57. The van der Waals surface area contributed by atoms with Crippen molar-refractivity contribution < 1.29 is 0 Å². The molecule has 0 nitrogen and oxygen atoms in total. The van der Waals surface area contributed by atoms with Crippen LogP contribution in [-0.4, -0.2) is 24.0 Å². The van der Waals surface area contributed by atoms with E-state index in [1.54, 1.807) is 0 Å². The van der Waals surface area contributed by atoms with Crippen LogP contribution in [0, 0.1) is 6.92 Å². The highest BCUT2D eigenvalue weighted by Gasteiger charge is 2.42. The van der Waals surface area contributed by atoms with Gasteiger partial charge in [0.05, 0.1) is 0 Å². The van der Waals surface area contributed by atoms with Crippen LogP contribution in [0.1, 0.15) is 36.0 Å². The topological polar surface area (TPSA) is 0 Å². The Morgan fingerprint density at radius 2 is 0.969 bits per heavy atom. The van der Waals surface area contributed by atoms with Crippen molar-refractivity contribution in [2.24, 2.45) is 0 Å². The molecule has 0 aromatic heterocycles. The van der Waals surface area contributed by atoms with Crippen molar-refractivity contribution in [3.63, 3.8) is 0 Å². The molecule has 0 aliphatic carbocycles. The lowest BCUT2D eigenvalue weighted by Gasteiger charge is -2.39. The molecule has 0 spiro atoms. The van der Waals surface area contributed by atoms with Gasteiger partial charge in [0, 0.05) is 0 Å². The first-order valence-electron chi connectivity index (χ1n) is 9.58. The van der Waals surface area contributed by atoms with Crippen molar-refractivity contribution in [1.82, 2.24) is 0 Å². The third-order valence-corrected chi connectivity index (χ3v) is 15.2. The summed E-state index contributed by atoms with van der Waals surface area (Å²) in [6.45, 7) is 2.01. The summed E-state index contributed by atoms with van der Waals surface area (Å²) in [5.74, 6) is 0. The maximum absolute atomic E-state index is 6.28. The van der Waals surface area contributed by atoms with E-state index < -0.39 is 29.4 Å². The Balaban J connectivity index is 3.58. The maximum atomic E-state index is 6.28. The summed E-state index contributed by atoms with van der Waals surface area (Å²) >= 11 is 75.0. The zero-order valence-electron chi connectivity index (χ0n) is 16.9. The van der Waals surface area contributed by atoms with Gasteiger partial charge in [0.25, 0.3) is 0 Å². The predicted molar refractivity (Wildman–Crippen MR) is 163 cm³/mol. The average Bonchev–Trinajstić information content (AvgIpc) is 2.57. The van der Waals surface area contributed by atoms with E-state index in [0.29, 0.717) is 49.9 Å². The Labute approximate surface area is 251 Å². The van der Waals surface area contributed by atoms with Crippen molar-refractivity contribution in [3.8, 4) is 0 Å². The Morgan fingerprint density at radius 1 is 0.594 bits per heavy atom. The molecule has 1 aromatic rings. The molecule has 32 heavy (non-hydrogen) atoms. The number of rotatable bonds is 13. The highest BCUT2D eigenvalue weighted by Crippen LogP contribution is 2.48. The monoisotopic (exact) mass is 746 g/mol. The quantitative estimate of drug-likeness (QED) is 0.139. The summed E-state index contributed by atoms with van der Waals surface area (Å²) in [6, 6.07) is -3.71. The molecule has 0 unspecified atom stereocenters. The van der Waals surface area contributed by atoms with Crippen LogP contribution in [0.25, 0.3) is 0 Å². The minimum Gasteiger partial charge on any atom is -0.126 e. The van der Waals surface area contributed by atoms with Crippen LogP contribution in [0.15, 0.2) is 18.2 Å². The summed E-state index contributed by atoms with van der Waals surface area (Å²) < 4.78 is 0. The number of halogens is 12. The second-order valence-electron chi connectivity index (χ2n) is 7.90. The lowest BCUT2D eigenvalue weighted by molar-refractivity contribution is 0.377. The minimum atomic E-state index is -2.94. The fourth-order valence-corrected chi connectivity index (χ4v) is 9.89. The molecule has 16 heteroatoms. The van der Waals surface area contributed by atoms with E-state index in [1.165, 1.54) is 0 Å². The second kappa shape index (κ2) is 13.6. The van der Waals surface area contributed by atoms with E-state index in [0.717, 1.165) is 16.7 Å². The summed E-state index contributed by atoms with van der Waals surface area (Å²) in [5.41, 5.74) is 2.71. The van der Waals surface area contributed by atoms with Crippen LogP contribution in [0.4, 0.5) is 0 Å². The molecule has 0 bridgehead atoms. The zero-order valence-corrected chi connectivity index (χ0v) is 30.0. The lowest BCUT2D eigenvalue weighted by Crippen LogP contribution is -2.33.